The third kappa shape index (κ3) is 7.45. The molecule has 3 atom stereocenters. The fraction of sp³-hybridized carbons (Fsp3) is 0.577. The number of carbonyl (C=O) groups is 3. The summed E-state index contributed by atoms with van der Waals surface area (Å²) in [5.41, 5.74) is 1.54. The molecule has 2 amide bonds. The molecule has 35 heavy (non-hydrogen) atoms. The second-order valence-electron chi connectivity index (χ2n) is 9.77. The summed E-state index contributed by atoms with van der Waals surface area (Å²) in [6.07, 6.45) is 3.18. The van der Waals surface area contributed by atoms with Gasteiger partial charge in [-0.2, -0.15) is 0 Å². The molecule has 1 saturated carbocycles. The van der Waals surface area contributed by atoms with Crippen LogP contribution in [0.2, 0.25) is 0 Å². The minimum absolute atomic E-state index is 0.103. The second-order valence-corrected chi connectivity index (χ2v) is 9.77. The minimum Gasteiger partial charge on any atom is -0.481 e. The number of rotatable bonds is 12. The van der Waals surface area contributed by atoms with Crippen LogP contribution in [0.15, 0.2) is 30.3 Å². The Labute approximate surface area is 206 Å². The number of carbonyl (C=O) groups excluding carboxylic acids is 2. The highest BCUT2D eigenvalue weighted by atomic mass is 16.5. The summed E-state index contributed by atoms with van der Waals surface area (Å²) in [6.45, 7) is 5.21. The molecule has 1 aliphatic carbocycles. The van der Waals surface area contributed by atoms with Gasteiger partial charge < -0.3 is 30.4 Å². The highest BCUT2D eigenvalue weighted by Crippen LogP contribution is 2.26. The normalized spacial score (nSPS) is 18.5. The number of nitrogens with one attached hydrogen (secondary N) is 3. The van der Waals surface area contributed by atoms with Gasteiger partial charge in [0.15, 0.2) is 0 Å². The summed E-state index contributed by atoms with van der Waals surface area (Å²) < 4.78 is 7.01. The molecule has 0 saturated heterocycles. The number of aromatic nitrogens is 1. The second kappa shape index (κ2) is 12.6. The zero-order valence-corrected chi connectivity index (χ0v) is 20.9. The van der Waals surface area contributed by atoms with Gasteiger partial charge in [0.1, 0.15) is 5.69 Å². The Morgan fingerprint density at radius 2 is 1.97 bits per heavy atom. The van der Waals surface area contributed by atoms with E-state index in [1.807, 2.05) is 55.8 Å². The summed E-state index contributed by atoms with van der Waals surface area (Å²) in [6, 6.07) is 9.38. The fourth-order valence-corrected chi connectivity index (χ4v) is 4.62. The molecular formula is C26H38N4O5. The Morgan fingerprint density at radius 3 is 2.69 bits per heavy atom. The van der Waals surface area contributed by atoms with E-state index in [1.54, 1.807) is 0 Å². The van der Waals surface area contributed by atoms with Crippen molar-refractivity contribution in [3.8, 4) is 0 Å². The van der Waals surface area contributed by atoms with Gasteiger partial charge in [-0.05, 0) is 43.7 Å². The van der Waals surface area contributed by atoms with Gasteiger partial charge in [0.2, 0.25) is 0 Å². The van der Waals surface area contributed by atoms with Crippen molar-refractivity contribution in [3.05, 3.63) is 36.0 Å². The third-order valence-electron chi connectivity index (χ3n) is 6.53. The zero-order chi connectivity index (χ0) is 25.4. The molecule has 2 aromatic rings. The molecule has 4 N–H and O–H groups in total. The molecule has 9 nitrogen and oxygen atoms in total. The Balaban J connectivity index is 1.60. The van der Waals surface area contributed by atoms with E-state index in [4.69, 9.17) is 4.74 Å². The number of ether oxygens (including phenoxy) is 1. The number of amides is 2. The minimum atomic E-state index is -0.778. The summed E-state index contributed by atoms with van der Waals surface area (Å²) in [5.74, 6) is -1.09. The molecule has 0 spiro atoms. The van der Waals surface area contributed by atoms with Crippen molar-refractivity contribution in [2.75, 3.05) is 19.7 Å². The monoisotopic (exact) mass is 486 g/mol. The van der Waals surface area contributed by atoms with Crippen LogP contribution in [-0.2, 0) is 16.6 Å². The smallest absolute Gasteiger partial charge is 0.407 e. The average molecular weight is 487 g/mol. The van der Waals surface area contributed by atoms with E-state index in [0.29, 0.717) is 44.7 Å². The van der Waals surface area contributed by atoms with Crippen molar-refractivity contribution in [3.63, 3.8) is 0 Å². The van der Waals surface area contributed by atoms with Gasteiger partial charge in [-0.25, -0.2) is 4.79 Å². The first kappa shape index (κ1) is 26.5. The molecule has 1 aromatic heterocycles. The molecule has 3 rings (SSSR count). The van der Waals surface area contributed by atoms with Crippen LogP contribution in [0, 0.1) is 11.8 Å². The topological polar surface area (TPSA) is 122 Å². The van der Waals surface area contributed by atoms with Crippen LogP contribution in [0.1, 0.15) is 56.4 Å². The van der Waals surface area contributed by atoms with Gasteiger partial charge in [0, 0.05) is 43.1 Å². The van der Waals surface area contributed by atoms with Crippen molar-refractivity contribution in [2.24, 2.45) is 18.9 Å². The molecule has 0 bridgehead atoms. The molecule has 0 aliphatic heterocycles. The van der Waals surface area contributed by atoms with E-state index in [9.17, 15) is 19.5 Å². The van der Waals surface area contributed by atoms with Gasteiger partial charge in [-0.15, -0.1) is 0 Å². The van der Waals surface area contributed by atoms with Gasteiger partial charge in [-0.1, -0.05) is 38.5 Å². The van der Waals surface area contributed by atoms with Gasteiger partial charge in [0.05, 0.1) is 12.5 Å². The van der Waals surface area contributed by atoms with Crippen molar-refractivity contribution in [2.45, 2.75) is 58.0 Å². The van der Waals surface area contributed by atoms with Crippen molar-refractivity contribution >= 4 is 28.9 Å². The lowest BCUT2D eigenvalue weighted by molar-refractivity contribution is -0.142. The Bertz CT molecular complexity index is 1020. The van der Waals surface area contributed by atoms with Crippen molar-refractivity contribution < 1.29 is 24.2 Å². The quantitative estimate of drug-likeness (QED) is 0.342. The first-order valence-corrected chi connectivity index (χ1v) is 12.5. The first-order chi connectivity index (χ1) is 16.8. The lowest BCUT2D eigenvalue weighted by Crippen LogP contribution is -2.47. The molecule has 0 radical (unpaired) electrons. The lowest BCUT2D eigenvalue weighted by atomic mass is 10.0. The number of nitrogens with zero attached hydrogens (tertiary/aromatic N) is 1. The van der Waals surface area contributed by atoms with E-state index >= 15 is 0 Å². The zero-order valence-electron chi connectivity index (χ0n) is 20.9. The van der Waals surface area contributed by atoms with Crippen LogP contribution in [0.25, 0.3) is 10.9 Å². The number of aliphatic carboxylic acids is 1. The van der Waals surface area contributed by atoms with Gasteiger partial charge in [-0.3, -0.25) is 9.59 Å². The van der Waals surface area contributed by atoms with Crippen molar-refractivity contribution in [1.82, 2.24) is 20.5 Å². The number of aryl methyl sites for hydroxylation is 1. The molecule has 1 fully saturated rings. The SMILES string of the molecule is CC(C)COC(=O)NCCC[C@@H](CN[C@H]1CCC[C@H]1C(=O)O)NC(=O)c1cc2ccccc2n1C. The van der Waals surface area contributed by atoms with Crippen LogP contribution >= 0.6 is 0 Å². The van der Waals surface area contributed by atoms with Crippen LogP contribution in [0.4, 0.5) is 4.79 Å². The van der Waals surface area contributed by atoms with E-state index in [0.717, 1.165) is 23.7 Å². The average Bonchev–Trinajstić information content (AvgIpc) is 3.43. The number of hydrogen-bond acceptors (Lipinski definition) is 5. The van der Waals surface area contributed by atoms with Crippen LogP contribution in [-0.4, -0.2) is 59.4 Å². The van der Waals surface area contributed by atoms with Crippen LogP contribution in [0.5, 0.6) is 0 Å². The molecule has 1 aromatic carbocycles. The number of benzene rings is 1. The maximum atomic E-state index is 13.2. The number of carboxylic acids is 1. The fourth-order valence-electron chi connectivity index (χ4n) is 4.62. The number of hydrogen-bond donors (Lipinski definition) is 4. The molecule has 1 aliphatic rings. The maximum absolute atomic E-state index is 13.2. The molecule has 192 valence electrons. The predicted octanol–water partition coefficient (Wildman–Crippen LogP) is 3.28. The molecular weight excluding hydrogens is 448 g/mol. The first-order valence-electron chi connectivity index (χ1n) is 12.5. The maximum Gasteiger partial charge on any atom is 0.407 e. The number of alkyl carbamates (subject to hydrolysis) is 1. The Morgan fingerprint density at radius 1 is 1.20 bits per heavy atom. The van der Waals surface area contributed by atoms with Gasteiger partial charge >= 0.3 is 12.1 Å². The number of fused-ring (bicyclic) bond motifs is 1. The summed E-state index contributed by atoms with van der Waals surface area (Å²) >= 11 is 0. The largest absolute Gasteiger partial charge is 0.481 e. The van der Waals surface area contributed by atoms with Crippen LogP contribution < -0.4 is 16.0 Å². The van der Waals surface area contributed by atoms with E-state index in [2.05, 4.69) is 16.0 Å². The highest BCUT2D eigenvalue weighted by Gasteiger charge is 2.33. The Hall–Kier alpha value is -3.07. The number of para-hydroxylation sites is 1. The van der Waals surface area contributed by atoms with E-state index in [1.165, 1.54) is 0 Å². The van der Waals surface area contributed by atoms with E-state index in [-0.39, 0.29) is 23.9 Å². The summed E-state index contributed by atoms with van der Waals surface area (Å²) in [7, 11) is 1.87. The molecule has 9 heteroatoms. The molecule has 0 unspecified atom stereocenters. The Kier molecular flexibility index (Phi) is 9.54. The summed E-state index contributed by atoms with van der Waals surface area (Å²) in [4.78, 5) is 36.5. The third-order valence-corrected chi connectivity index (χ3v) is 6.53. The van der Waals surface area contributed by atoms with Crippen molar-refractivity contribution in [1.29, 1.82) is 0 Å². The number of carboxylic acid groups (broad SMARTS) is 1. The summed E-state index contributed by atoms with van der Waals surface area (Å²) in [5, 5.41) is 19.7. The predicted molar refractivity (Wildman–Crippen MR) is 134 cm³/mol. The molecule has 1 heterocycles. The lowest BCUT2D eigenvalue weighted by Gasteiger charge is -2.24. The van der Waals surface area contributed by atoms with Gasteiger partial charge in [0.25, 0.3) is 5.91 Å². The standard InChI is InChI=1S/C26H38N4O5/c1-17(2)16-35-26(34)27-13-7-9-19(15-28-21-11-6-10-20(21)25(32)33)29-24(31)23-14-18-8-4-5-12-22(18)30(23)3/h4-5,8,12,14,17,19-21,28H,6-7,9-11,13,15-16H2,1-3H3,(H,27,34)(H,29,31)(H,32,33)/t19-,20+,21-/m0/s1. The van der Waals surface area contributed by atoms with E-state index < -0.39 is 18.0 Å². The van der Waals surface area contributed by atoms with Crippen LogP contribution in [0.3, 0.4) is 0 Å². The highest BCUT2D eigenvalue weighted by molar-refractivity contribution is 5.98.